The number of nitrogens with one attached hydrogen (secondary N) is 1. The second-order valence-corrected chi connectivity index (χ2v) is 11.3. The first kappa shape index (κ1) is 24.9. The Balaban J connectivity index is 1.35. The van der Waals surface area contributed by atoms with Gasteiger partial charge in [-0.2, -0.15) is 0 Å². The number of carbonyl (C=O) groups is 1. The van der Waals surface area contributed by atoms with Crippen LogP contribution in [0.4, 0.5) is 4.79 Å². The maximum Gasteiger partial charge on any atom is 0.414 e. The van der Waals surface area contributed by atoms with Crippen molar-refractivity contribution in [3.8, 4) is 16.5 Å². The van der Waals surface area contributed by atoms with Crippen LogP contribution in [0.5, 0.6) is 5.88 Å². The summed E-state index contributed by atoms with van der Waals surface area (Å²) >= 11 is 7.52. The Morgan fingerprint density at radius 1 is 1.22 bits per heavy atom. The van der Waals surface area contributed by atoms with Crippen molar-refractivity contribution in [3.63, 3.8) is 0 Å². The third-order valence-electron chi connectivity index (χ3n) is 6.81. The fourth-order valence-corrected chi connectivity index (χ4v) is 5.72. The van der Waals surface area contributed by atoms with Crippen LogP contribution in [0, 0.1) is 0 Å². The van der Waals surface area contributed by atoms with Crippen molar-refractivity contribution in [1.82, 2.24) is 19.9 Å². The van der Waals surface area contributed by atoms with Gasteiger partial charge in [-0.25, -0.2) is 4.79 Å². The van der Waals surface area contributed by atoms with E-state index in [1.165, 1.54) is 16.9 Å². The number of halogens is 1. The van der Waals surface area contributed by atoms with Crippen LogP contribution in [0.15, 0.2) is 47.0 Å². The molecule has 0 bridgehead atoms. The van der Waals surface area contributed by atoms with Gasteiger partial charge in [0.1, 0.15) is 5.69 Å². The highest BCUT2D eigenvalue weighted by Crippen LogP contribution is 2.33. The van der Waals surface area contributed by atoms with Crippen molar-refractivity contribution in [1.29, 1.82) is 0 Å². The van der Waals surface area contributed by atoms with Crippen molar-refractivity contribution in [3.05, 3.63) is 58.1 Å². The quantitative estimate of drug-likeness (QED) is 0.294. The maximum absolute atomic E-state index is 12.9. The van der Waals surface area contributed by atoms with Gasteiger partial charge in [-0.1, -0.05) is 29.7 Å². The molecule has 0 radical (unpaired) electrons. The van der Waals surface area contributed by atoms with Crippen molar-refractivity contribution < 1.29 is 14.1 Å². The summed E-state index contributed by atoms with van der Waals surface area (Å²) in [5.41, 5.74) is 2.94. The number of hydrogen-bond acceptors (Lipinski definition) is 6. The summed E-state index contributed by atoms with van der Waals surface area (Å²) < 4.78 is 14.1. The van der Waals surface area contributed by atoms with Crippen molar-refractivity contribution in [2.75, 3.05) is 13.1 Å². The smallest absolute Gasteiger partial charge is 0.393 e. The summed E-state index contributed by atoms with van der Waals surface area (Å²) in [5, 5.41) is 8.35. The number of nitrogens with zero attached hydrogens (tertiary/aromatic N) is 3. The summed E-state index contributed by atoms with van der Waals surface area (Å²) in [5.74, 6) is 1.15. The van der Waals surface area contributed by atoms with E-state index in [1.54, 1.807) is 0 Å². The normalized spacial score (nSPS) is 15.1. The standard InChI is InChI=1S/C27H31ClN4O3S/c1-4-18-5-6-22-19(13-18)14-26(34-27(33)29-20-9-11-31(12-10-20)17(2)3)32(22)16-21-15-23(35-30-21)24-7-8-25(28)36-24/h5-8,13-15,17,20H,4,9-12,16H2,1-3H3,(H,29,33). The minimum Gasteiger partial charge on any atom is -0.393 e. The third-order valence-corrected chi connectivity index (χ3v) is 8.06. The number of aryl methyl sites for hydroxylation is 1. The number of fused-ring (bicyclic) bond motifs is 1. The minimum atomic E-state index is -0.424. The number of thiophene rings is 1. The lowest BCUT2D eigenvalue weighted by atomic mass is 10.0. The average molecular weight is 527 g/mol. The molecule has 1 fully saturated rings. The summed E-state index contributed by atoms with van der Waals surface area (Å²) in [7, 11) is 0. The van der Waals surface area contributed by atoms with E-state index in [0.29, 0.717) is 28.6 Å². The predicted molar refractivity (Wildman–Crippen MR) is 144 cm³/mol. The number of piperidine rings is 1. The molecule has 5 rings (SSSR count). The van der Waals surface area contributed by atoms with Gasteiger partial charge in [0.2, 0.25) is 5.88 Å². The molecular weight excluding hydrogens is 496 g/mol. The lowest BCUT2D eigenvalue weighted by Gasteiger charge is -2.34. The molecule has 0 spiro atoms. The topological polar surface area (TPSA) is 72.5 Å². The second-order valence-electron chi connectivity index (χ2n) is 9.54. The molecule has 1 saturated heterocycles. The Morgan fingerprint density at radius 2 is 2.03 bits per heavy atom. The van der Waals surface area contributed by atoms with Crippen molar-refractivity contribution in [2.24, 2.45) is 0 Å². The van der Waals surface area contributed by atoms with Crippen molar-refractivity contribution in [2.45, 2.75) is 58.7 Å². The number of benzene rings is 1. The van der Waals surface area contributed by atoms with Crippen LogP contribution in [0.25, 0.3) is 21.5 Å². The zero-order valence-corrected chi connectivity index (χ0v) is 22.4. The number of ether oxygens (including phenoxy) is 1. The predicted octanol–water partition coefficient (Wildman–Crippen LogP) is 6.58. The molecule has 1 aromatic carbocycles. The van der Waals surface area contributed by atoms with E-state index in [9.17, 15) is 4.79 Å². The molecule has 36 heavy (non-hydrogen) atoms. The van der Waals surface area contributed by atoms with Crippen LogP contribution < -0.4 is 10.1 Å². The van der Waals surface area contributed by atoms with Gasteiger partial charge in [-0.15, -0.1) is 11.3 Å². The SMILES string of the molecule is CCc1ccc2c(c1)cc(OC(=O)NC1CCN(C(C)C)CC1)n2Cc1cc(-c2ccc(Cl)s2)on1. The number of aromatic nitrogens is 2. The fourth-order valence-electron chi connectivity index (χ4n) is 4.73. The third kappa shape index (κ3) is 5.45. The minimum absolute atomic E-state index is 0.118. The Labute approximate surface area is 220 Å². The molecule has 1 aliphatic rings. The van der Waals surface area contributed by atoms with Crippen LogP contribution in [0.1, 0.15) is 44.9 Å². The van der Waals surface area contributed by atoms with Gasteiger partial charge in [0.15, 0.2) is 5.76 Å². The van der Waals surface area contributed by atoms with Gasteiger partial charge in [-0.05, 0) is 62.9 Å². The molecule has 4 heterocycles. The summed E-state index contributed by atoms with van der Waals surface area (Å²) in [6, 6.07) is 14.5. The van der Waals surface area contributed by atoms with E-state index >= 15 is 0 Å². The molecule has 9 heteroatoms. The molecule has 1 N–H and O–H groups in total. The highest BCUT2D eigenvalue weighted by Gasteiger charge is 2.24. The molecule has 0 aliphatic carbocycles. The van der Waals surface area contributed by atoms with E-state index in [-0.39, 0.29) is 6.04 Å². The van der Waals surface area contributed by atoms with E-state index in [1.807, 2.05) is 28.8 Å². The molecule has 4 aromatic rings. The second kappa shape index (κ2) is 10.7. The monoisotopic (exact) mass is 526 g/mol. The first-order valence-electron chi connectivity index (χ1n) is 12.5. The van der Waals surface area contributed by atoms with Crippen LogP contribution >= 0.6 is 22.9 Å². The van der Waals surface area contributed by atoms with Gasteiger partial charge >= 0.3 is 6.09 Å². The van der Waals surface area contributed by atoms with Crippen LogP contribution in [-0.2, 0) is 13.0 Å². The zero-order valence-electron chi connectivity index (χ0n) is 20.8. The number of likely N-dealkylation sites (tertiary alicyclic amines) is 1. The van der Waals surface area contributed by atoms with Gasteiger partial charge in [0.25, 0.3) is 0 Å². The molecule has 190 valence electrons. The Bertz CT molecular complexity index is 1350. The highest BCUT2D eigenvalue weighted by atomic mass is 35.5. The Kier molecular flexibility index (Phi) is 7.37. The van der Waals surface area contributed by atoms with Crippen molar-refractivity contribution >= 4 is 39.9 Å². The summed E-state index contributed by atoms with van der Waals surface area (Å²) in [6.45, 7) is 8.91. The lowest BCUT2D eigenvalue weighted by Crippen LogP contribution is -2.47. The van der Waals surface area contributed by atoms with Gasteiger partial charge in [0.05, 0.1) is 21.3 Å². The first-order chi connectivity index (χ1) is 17.4. The van der Waals surface area contributed by atoms with Crippen LogP contribution in [-0.4, -0.2) is 45.9 Å². The molecule has 1 amide bonds. The maximum atomic E-state index is 12.9. The molecule has 3 aromatic heterocycles. The van der Waals surface area contributed by atoms with Crippen LogP contribution in [0.3, 0.4) is 0 Å². The molecule has 0 saturated carbocycles. The molecule has 0 atom stereocenters. The van der Waals surface area contributed by atoms with E-state index in [2.05, 4.69) is 54.3 Å². The Morgan fingerprint density at radius 3 is 2.72 bits per heavy atom. The molecular formula is C27H31ClN4O3S. The summed E-state index contributed by atoms with van der Waals surface area (Å²) in [6.07, 6.45) is 2.35. The number of carbonyl (C=O) groups excluding carboxylic acids is 1. The molecule has 7 nitrogen and oxygen atoms in total. The van der Waals surface area contributed by atoms with Gasteiger partial charge < -0.3 is 24.0 Å². The van der Waals surface area contributed by atoms with E-state index in [0.717, 1.165) is 53.8 Å². The number of rotatable bonds is 7. The van der Waals surface area contributed by atoms with Crippen LogP contribution in [0.2, 0.25) is 4.34 Å². The van der Waals surface area contributed by atoms with E-state index in [4.69, 9.17) is 20.9 Å². The number of hydrogen-bond donors (Lipinski definition) is 1. The molecule has 0 unspecified atom stereocenters. The Hall–Kier alpha value is -2.81. The van der Waals surface area contributed by atoms with Gasteiger partial charge in [-0.3, -0.25) is 0 Å². The average Bonchev–Trinajstić information content (AvgIpc) is 3.58. The first-order valence-corrected chi connectivity index (χ1v) is 13.6. The summed E-state index contributed by atoms with van der Waals surface area (Å²) in [4.78, 5) is 16.2. The number of amides is 1. The zero-order chi connectivity index (χ0) is 25.2. The lowest BCUT2D eigenvalue weighted by molar-refractivity contribution is 0.151. The highest BCUT2D eigenvalue weighted by molar-refractivity contribution is 7.19. The largest absolute Gasteiger partial charge is 0.414 e. The van der Waals surface area contributed by atoms with Gasteiger partial charge in [0, 0.05) is 42.7 Å². The van der Waals surface area contributed by atoms with E-state index < -0.39 is 6.09 Å². The molecule has 1 aliphatic heterocycles. The fraction of sp³-hybridized carbons (Fsp3) is 0.407.